The van der Waals surface area contributed by atoms with Gasteiger partial charge in [0.2, 0.25) is 0 Å². The number of hydrogen-bond acceptors (Lipinski definition) is 2. The molecule has 5 heteroatoms. The van der Waals surface area contributed by atoms with E-state index in [1.54, 1.807) is 7.11 Å². The van der Waals surface area contributed by atoms with Gasteiger partial charge in [0.25, 0.3) is 0 Å². The second-order valence-electron chi connectivity index (χ2n) is 4.45. The Hall–Kier alpha value is -0.110. The van der Waals surface area contributed by atoms with Gasteiger partial charge in [-0.05, 0) is 73.9 Å². The maximum absolute atomic E-state index is 5.65. The Bertz CT molecular complexity index is 587. The predicted octanol–water partition coefficient (Wildman–Crippen LogP) is 5.56. The van der Waals surface area contributed by atoms with Gasteiger partial charge in [0.15, 0.2) is 0 Å². The Balaban J connectivity index is 2.13. The first-order valence-corrected chi connectivity index (χ1v) is 9.21. The van der Waals surface area contributed by atoms with E-state index in [4.69, 9.17) is 9.47 Å². The van der Waals surface area contributed by atoms with Crippen LogP contribution in [-0.4, -0.2) is 20.3 Å². The van der Waals surface area contributed by atoms with E-state index in [2.05, 4.69) is 90.8 Å². The SMILES string of the molecule is COCCOc1ccc(C(Br)c2ccc(I)cc2)cc1Br. The summed E-state index contributed by atoms with van der Waals surface area (Å²) in [6.07, 6.45) is 0. The normalized spacial score (nSPS) is 12.2. The number of alkyl halides is 1. The Labute approximate surface area is 155 Å². The number of benzene rings is 2. The van der Waals surface area contributed by atoms with Crippen LogP contribution >= 0.6 is 54.5 Å². The Morgan fingerprint density at radius 2 is 1.71 bits per heavy atom. The molecular formula is C16H15Br2IO2. The number of ether oxygens (including phenoxy) is 2. The summed E-state index contributed by atoms with van der Waals surface area (Å²) in [5.74, 6) is 0.832. The fourth-order valence-electron chi connectivity index (χ4n) is 1.85. The lowest BCUT2D eigenvalue weighted by Crippen LogP contribution is -2.05. The molecule has 2 aromatic carbocycles. The van der Waals surface area contributed by atoms with Crippen molar-refractivity contribution in [3.8, 4) is 5.75 Å². The van der Waals surface area contributed by atoms with Crippen molar-refractivity contribution in [1.29, 1.82) is 0 Å². The second-order valence-corrected chi connectivity index (χ2v) is 7.46. The standard InChI is InChI=1S/C16H15Br2IO2/c1-20-8-9-21-15-7-4-12(10-14(15)17)16(18)11-2-5-13(19)6-3-11/h2-7,10,16H,8-9H2,1H3. The first-order valence-electron chi connectivity index (χ1n) is 6.42. The zero-order chi connectivity index (χ0) is 15.2. The highest BCUT2D eigenvalue weighted by Gasteiger charge is 2.12. The topological polar surface area (TPSA) is 18.5 Å². The summed E-state index contributed by atoms with van der Waals surface area (Å²) in [6, 6.07) is 14.6. The lowest BCUT2D eigenvalue weighted by Gasteiger charge is -2.14. The molecule has 0 N–H and O–H groups in total. The minimum Gasteiger partial charge on any atom is -0.490 e. The molecule has 0 aromatic heterocycles. The summed E-state index contributed by atoms with van der Waals surface area (Å²) in [6.45, 7) is 1.13. The van der Waals surface area contributed by atoms with E-state index in [0.717, 1.165) is 10.2 Å². The molecule has 2 aromatic rings. The third-order valence-electron chi connectivity index (χ3n) is 2.96. The zero-order valence-electron chi connectivity index (χ0n) is 11.5. The van der Waals surface area contributed by atoms with Crippen LogP contribution in [0.15, 0.2) is 46.9 Å². The van der Waals surface area contributed by atoms with Gasteiger partial charge < -0.3 is 9.47 Å². The molecule has 2 rings (SSSR count). The second kappa shape index (κ2) is 8.50. The van der Waals surface area contributed by atoms with Gasteiger partial charge in [-0.1, -0.05) is 34.1 Å². The molecule has 1 atom stereocenters. The van der Waals surface area contributed by atoms with E-state index in [-0.39, 0.29) is 4.83 Å². The first-order chi connectivity index (χ1) is 10.1. The van der Waals surface area contributed by atoms with Crippen LogP contribution in [-0.2, 0) is 4.74 Å². The molecule has 0 heterocycles. The van der Waals surface area contributed by atoms with E-state index in [1.165, 1.54) is 14.7 Å². The van der Waals surface area contributed by atoms with Gasteiger partial charge in [-0.2, -0.15) is 0 Å². The van der Waals surface area contributed by atoms with Crippen LogP contribution in [0.2, 0.25) is 0 Å². The zero-order valence-corrected chi connectivity index (χ0v) is 16.8. The molecule has 0 aliphatic carbocycles. The van der Waals surface area contributed by atoms with Crippen LogP contribution in [0.3, 0.4) is 0 Å². The number of methoxy groups -OCH3 is 1. The molecule has 0 bridgehead atoms. The van der Waals surface area contributed by atoms with Crippen molar-refractivity contribution < 1.29 is 9.47 Å². The number of hydrogen-bond donors (Lipinski definition) is 0. The van der Waals surface area contributed by atoms with Gasteiger partial charge in [-0.15, -0.1) is 0 Å². The monoisotopic (exact) mass is 524 g/mol. The van der Waals surface area contributed by atoms with Gasteiger partial charge in [0, 0.05) is 10.7 Å². The molecule has 0 aliphatic rings. The van der Waals surface area contributed by atoms with Crippen LogP contribution < -0.4 is 4.74 Å². The van der Waals surface area contributed by atoms with E-state index in [9.17, 15) is 0 Å². The third-order valence-corrected chi connectivity index (χ3v) is 5.35. The average Bonchev–Trinajstić information content (AvgIpc) is 2.49. The lowest BCUT2D eigenvalue weighted by molar-refractivity contribution is 0.146. The van der Waals surface area contributed by atoms with Gasteiger partial charge in [0.1, 0.15) is 12.4 Å². The first kappa shape index (κ1) is 17.2. The summed E-state index contributed by atoms with van der Waals surface area (Å²) in [5.41, 5.74) is 2.41. The third kappa shape index (κ3) is 4.94. The van der Waals surface area contributed by atoms with Crippen molar-refractivity contribution >= 4 is 54.5 Å². The quantitative estimate of drug-likeness (QED) is 0.279. The number of rotatable bonds is 6. The predicted molar refractivity (Wildman–Crippen MR) is 101 cm³/mol. The van der Waals surface area contributed by atoms with Gasteiger partial charge in [0.05, 0.1) is 15.9 Å². The van der Waals surface area contributed by atoms with Crippen molar-refractivity contribution in [1.82, 2.24) is 0 Å². The molecule has 2 nitrogen and oxygen atoms in total. The van der Waals surface area contributed by atoms with Crippen molar-refractivity contribution in [3.05, 3.63) is 61.6 Å². The minimum absolute atomic E-state index is 0.166. The summed E-state index contributed by atoms with van der Waals surface area (Å²) >= 11 is 9.63. The molecule has 0 saturated heterocycles. The maximum atomic E-state index is 5.65. The van der Waals surface area contributed by atoms with Crippen molar-refractivity contribution in [2.45, 2.75) is 4.83 Å². The lowest BCUT2D eigenvalue weighted by atomic mass is 10.0. The van der Waals surface area contributed by atoms with E-state index in [1.807, 2.05) is 6.07 Å². The summed E-state index contributed by atoms with van der Waals surface area (Å²) in [4.78, 5) is 0.166. The molecule has 0 spiro atoms. The van der Waals surface area contributed by atoms with Gasteiger partial charge in [-0.25, -0.2) is 0 Å². The largest absolute Gasteiger partial charge is 0.490 e. The molecule has 0 amide bonds. The minimum atomic E-state index is 0.166. The molecule has 0 saturated carbocycles. The van der Waals surface area contributed by atoms with Crippen LogP contribution in [0.1, 0.15) is 16.0 Å². The summed E-state index contributed by atoms with van der Waals surface area (Å²) in [5, 5.41) is 0. The van der Waals surface area contributed by atoms with Crippen LogP contribution in [0.5, 0.6) is 5.75 Å². The highest BCUT2D eigenvalue weighted by atomic mass is 127. The fraction of sp³-hybridized carbons (Fsp3) is 0.250. The molecular weight excluding hydrogens is 511 g/mol. The highest BCUT2D eigenvalue weighted by Crippen LogP contribution is 2.35. The smallest absolute Gasteiger partial charge is 0.133 e. The molecule has 112 valence electrons. The molecule has 21 heavy (non-hydrogen) atoms. The van der Waals surface area contributed by atoms with Crippen LogP contribution in [0.4, 0.5) is 0 Å². The average molecular weight is 526 g/mol. The number of halogens is 3. The van der Waals surface area contributed by atoms with Crippen molar-refractivity contribution in [2.24, 2.45) is 0 Å². The van der Waals surface area contributed by atoms with Crippen molar-refractivity contribution in [3.63, 3.8) is 0 Å². The van der Waals surface area contributed by atoms with Gasteiger partial charge >= 0.3 is 0 Å². The summed E-state index contributed by atoms with van der Waals surface area (Å²) in [7, 11) is 1.66. The van der Waals surface area contributed by atoms with E-state index in [0.29, 0.717) is 13.2 Å². The Kier molecular flexibility index (Phi) is 6.98. The maximum Gasteiger partial charge on any atom is 0.133 e. The van der Waals surface area contributed by atoms with E-state index < -0.39 is 0 Å². The molecule has 0 aliphatic heterocycles. The van der Waals surface area contributed by atoms with Gasteiger partial charge in [-0.3, -0.25) is 0 Å². The molecule has 0 radical (unpaired) electrons. The summed E-state index contributed by atoms with van der Waals surface area (Å²) < 4.78 is 12.8. The molecule has 1 unspecified atom stereocenters. The van der Waals surface area contributed by atoms with Crippen molar-refractivity contribution in [2.75, 3.05) is 20.3 Å². The fourth-order valence-corrected chi connectivity index (χ4v) is 3.31. The molecule has 0 fully saturated rings. The highest BCUT2D eigenvalue weighted by molar-refractivity contribution is 14.1. The van der Waals surface area contributed by atoms with Crippen LogP contribution in [0, 0.1) is 3.57 Å². The van der Waals surface area contributed by atoms with Crippen LogP contribution in [0.25, 0.3) is 0 Å². The Morgan fingerprint density at radius 3 is 2.33 bits per heavy atom. The van der Waals surface area contributed by atoms with E-state index >= 15 is 0 Å². The Morgan fingerprint density at radius 1 is 1.05 bits per heavy atom.